The summed E-state index contributed by atoms with van der Waals surface area (Å²) in [5.74, 6) is -0.284. The second-order valence-corrected chi connectivity index (χ2v) is 4.03. The molecule has 0 radical (unpaired) electrons. The number of hydrogen-bond donors (Lipinski definition) is 1. The predicted molar refractivity (Wildman–Crippen MR) is 68.1 cm³/mol. The number of nitrogens with zero attached hydrogens (tertiary/aromatic N) is 1. The number of methoxy groups -OCH3 is 1. The van der Waals surface area contributed by atoms with Gasteiger partial charge in [-0.2, -0.15) is 0 Å². The van der Waals surface area contributed by atoms with E-state index in [1.54, 1.807) is 37.1 Å². The fraction of sp³-hybridized carbons (Fsp3) is 0.417. The standard InChI is InChI=1S/C12H16ClNO3/c1-4-14(8(2)12(15)16)9-5-6-11(17-3)10(13)7-9/h5-8H,4H2,1-3H3,(H,15,16). The maximum Gasteiger partial charge on any atom is 0.326 e. The van der Waals surface area contributed by atoms with E-state index in [0.717, 1.165) is 5.69 Å². The number of halogens is 1. The number of aliphatic carboxylic acids is 1. The first-order chi connectivity index (χ1) is 8.01. The lowest BCUT2D eigenvalue weighted by atomic mass is 10.2. The van der Waals surface area contributed by atoms with Crippen LogP contribution in [0.15, 0.2) is 18.2 Å². The van der Waals surface area contributed by atoms with Gasteiger partial charge in [0.2, 0.25) is 0 Å². The molecule has 1 unspecified atom stereocenters. The Morgan fingerprint density at radius 2 is 2.24 bits per heavy atom. The van der Waals surface area contributed by atoms with Crippen LogP contribution >= 0.6 is 11.6 Å². The minimum atomic E-state index is -0.862. The minimum absolute atomic E-state index is 0.473. The molecule has 0 saturated heterocycles. The van der Waals surface area contributed by atoms with Gasteiger partial charge in [0.1, 0.15) is 11.8 Å². The van der Waals surface area contributed by atoms with Gasteiger partial charge < -0.3 is 14.7 Å². The second kappa shape index (κ2) is 5.77. The molecule has 1 aromatic carbocycles. The maximum absolute atomic E-state index is 11.0. The molecule has 0 spiro atoms. The highest BCUT2D eigenvalue weighted by Gasteiger charge is 2.20. The number of carboxylic acid groups (broad SMARTS) is 1. The Kier molecular flexibility index (Phi) is 4.63. The quantitative estimate of drug-likeness (QED) is 0.881. The van der Waals surface area contributed by atoms with Crippen LogP contribution in [0.5, 0.6) is 5.75 Å². The minimum Gasteiger partial charge on any atom is -0.495 e. The van der Waals surface area contributed by atoms with E-state index in [4.69, 9.17) is 21.4 Å². The number of benzene rings is 1. The lowest BCUT2D eigenvalue weighted by molar-refractivity contribution is -0.138. The summed E-state index contributed by atoms with van der Waals surface area (Å²) in [6.07, 6.45) is 0. The number of likely N-dealkylation sites (N-methyl/N-ethyl adjacent to an activating group) is 1. The molecule has 0 saturated carbocycles. The first-order valence-corrected chi connectivity index (χ1v) is 5.72. The normalized spacial score (nSPS) is 12.0. The molecule has 0 aliphatic heterocycles. The van der Waals surface area contributed by atoms with Gasteiger partial charge in [0.05, 0.1) is 12.1 Å². The number of carbonyl (C=O) groups is 1. The molecule has 1 rings (SSSR count). The van der Waals surface area contributed by atoms with Gasteiger partial charge in [-0.15, -0.1) is 0 Å². The van der Waals surface area contributed by atoms with Gasteiger partial charge in [0.25, 0.3) is 0 Å². The van der Waals surface area contributed by atoms with Crippen molar-refractivity contribution >= 4 is 23.3 Å². The molecule has 0 amide bonds. The van der Waals surface area contributed by atoms with Crippen LogP contribution in [0.1, 0.15) is 13.8 Å². The molecule has 1 aromatic rings. The zero-order chi connectivity index (χ0) is 13.0. The van der Waals surface area contributed by atoms with Gasteiger partial charge in [-0.1, -0.05) is 11.6 Å². The van der Waals surface area contributed by atoms with Gasteiger partial charge in [-0.05, 0) is 32.0 Å². The summed E-state index contributed by atoms with van der Waals surface area (Å²) in [5, 5.41) is 9.49. The summed E-state index contributed by atoms with van der Waals surface area (Å²) in [6.45, 7) is 4.14. The molecule has 0 fully saturated rings. The van der Waals surface area contributed by atoms with Crippen molar-refractivity contribution in [2.24, 2.45) is 0 Å². The van der Waals surface area contributed by atoms with Gasteiger partial charge >= 0.3 is 5.97 Å². The first kappa shape index (κ1) is 13.6. The van der Waals surface area contributed by atoms with Crippen molar-refractivity contribution in [2.45, 2.75) is 19.9 Å². The highest BCUT2D eigenvalue weighted by molar-refractivity contribution is 6.32. The Morgan fingerprint density at radius 1 is 1.59 bits per heavy atom. The van der Waals surface area contributed by atoms with Gasteiger partial charge in [-0.25, -0.2) is 4.79 Å². The average Bonchev–Trinajstić information content (AvgIpc) is 2.30. The van der Waals surface area contributed by atoms with Crippen LogP contribution in [0.3, 0.4) is 0 Å². The van der Waals surface area contributed by atoms with E-state index >= 15 is 0 Å². The van der Waals surface area contributed by atoms with Crippen molar-refractivity contribution in [3.8, 4) is 5.75 Å². The van der Waals surface area contributed by atoms with E-state index in [2.05, 4.69) is 0 Å². The molecule has 0 aromatic heterocycles. The van der Waals surface area contributed by atoms with E-state index in [0.29, 0.717) is 17.3 Å². The fourth-order valence-electron chi connectivity index (χ4n) is 1.65. The Labute approximate surface area is 106 Å². The molecule has 0 aliphatic carbocycles. The van der Waals surface area contributed by atoms with Crippen molar-refractivity contribution in [1.29, 1.82) is 0 Å². The van der Waals surface area contributed by atoms with Crippen molar-refractivity contribution in [1.82, 2.24) is 0 Å². The van der Waals surface area contributed by atoms with E-state index < -0.39 is 12.0 Å². The lowest BCUT2D eigenvalue weighted by Gasteiger charge is -2.27. The highest BCUT2D eigenvalue weighted by Crippen LogP contribution is 2.29. The van der Waals surface area contributed by atoms with E-state index in [1.165, 1.54) is 0 Å². The lowest BCUT2D eigenvalue weighted by Crippen LogP contribution is -2.38. The van der Waals surface area contributed by atoms with Gasteiger partial charge in [0.15, 0.2) is 0 Å². The van der Waals surface area contributed by atoms with Crippen molar-refractivity contribution in [2.75, 3.05) is 18.6 Å². The molecule has 1 atom stereocenters. The summed E-state index contributed by atoms with van der Waals surface area (Å²) in [7, 11) is 1.54. The Morgan fingerprint density at radius 3 is 2.65 bits per heavy atom. The third-order valence-electron chi connectivity index (χ3n) is 2.63. The monoisotopic (exact) mass is 257 g/mol. The third-order valence-corrected chi connectivity index (χ3v) is 2.93. The van der Waals surface area contributed by atoms with Gasteiger partial charge in [-0.3, -0.25) is 0 Å². The molecular formula is C12H16ClNO3. The second-order valence-electron chi connectivity index (χ2n) is 3.62. The largest absolute Gasteiger partial charge is 0.495 e. The molecule has 0 bridgehead atoms. The van der Waals surface area contributed by atoms with Crippen LogP contribution in [0.25, 0.3) is 0 Å². The molecule has 17 heavy (non-hydrogen) atoms. The smallest absolute Gasteiger partial charge is 0.326 e. The topological polar surface area (TPSA) is 49.8 Å². The zero-order valence-electron chi connectivity index (χ0n) is 10.1. The number of carboxylic acids is 1. The summed E-state index contributed by atoms with van der Waals surface area (Å²) >= 11 is 6.02. The predicted octanol–water partition coefficient (Wildman–Crippen LogP) is 2.65. The van der Waals surface area contributed by atoms with Crippen molar-refractivity contribution < 1.29 is 14.6 Å². The number of ether oxygens (including phenoxy) is 1. The van der Waals surface area contributed by atoms with Crippen LogP contribution in [0, 0.1) is 0 Å². The highest BCUT2D eigenvalue weighted by atomic mass is 35.5. The van der Waals surface area contributed by atoms with Crippen molar-refractivity contribution in [3.05, 3.63) is 23.2 Å². The molecule has 0 heterocycles. The zero-order valence-corrected chi connectivity index (χ0v) is 10.9. The van der Waals surface area contributed by atoms with Crippen LogP contribution < -0.4 is 9.64 Å². The number of rotatable bonds is 5. The summed E-state index contributed by atoms with van der Waals surface area (Å²) in [5.41, 5.74) is 0.771. The van der Waals surface area contributed by atoms with E-state index in [-0.39, 0.29) is 0 Å². The average molecular weight is 258 g/mol. The van der Waals surface area contributed by atoms with E-state index in [1.807, 2.05) is 6.92 Å². The van der Waals surface area contributed by atoms with Gasteiger partial charge in [0, 0.05) is 12.2 Å². The van der Waals surface area contributed by atoms with Crippen LogP contribution in [-0.2, 0) is 4.79 Å². The van der Waals surface area contributed by atoms with Crippen LogP contribution in [0.4, 0.5) is 5.69 Å². The molecular weight excluding hydrogens is 242 g/mol. The third kappa shape index (κ3) is 3.03. The molecule has 1 N–H and O–H groups in total. The molecule has 0 aliphatic rings. The Hall–Kier alpha value is -1.42. The fourth-order valence-corrected chi connectivity index (χ4v) is 1.90. The first-order valence-electron chi connectivity index (χ1n) is 5.34. The summed E-state index contributed by atoms with van der Waals surface area (Å²) in [6, 6.07) is 4.65. The summed E-state index contributed by atoms with van der Waals surface area (Å²) < 4.78 is 5.05. The SMILES string of the molecule is CCN(c1ccc(OC)c(Cl)c1)C(C)C(=O)O. The van der Waals surface area contributed by atoms with Crippen molar-refractivity contribution in [3.63, 3.8) is 0 Å². The summed E-state index contributed by atoms with van der Waals surface area (Å²) in [4.78, 5) is 12.7. The van der Waals surface area contributed by atoms with Crippen LogP contribution in [0.2, 0.25) is 5.02 Å². The Bertz CT molecular complexity index is 409. The molecule has 4 nitrogen and oxygen atoms in total. The van der Waals surface area contributed by atoms with Crippen LogP contribution in [-0.4, -0.2) is 30.8 Å². The molecule has 5 heteroatoms. The maximum atomic E-state index is 11.0. The van der Waals surface area contributed by atoms with E-state index in [9.17, 15) is 4.79 Å². The number of hydrogen-bond acceptors (Lipinski definition) is 3. The molecule has 94 valence electrons. The Balaban J connectivity index is 3.04. The number of anilines is 1.